The van der Waals surface area contributed by atoms with Gasteiger partial charge in [-0.15, -0.1) is 0 Å². The molecule has 1 amide bonds. The first-order valence-electron chi connectivity index (χ1n) is 9.73. The second-order valence-electron chi connectivity index (χ2n) is 7.06. The van der Waals surface area contributed by atoms with Crippen molar-refractivity contribution in [1.29, 1.82) is 0 Å². The summed E-state index contributed by atoms with van der Waals surface area (Å²) in [5, 5.41) is 3.98. The molecule has 4 nitrogen and oxygen atoms in total. The second kappa shape index (κ2) is 9.77. The summed E-state index contributed by atoms with van der Waals surface area (Å²) in [7, 11) is 0. The quantitative estimate of drug-likeness (QED) is 0.778. The molecule has 1 heterocycles. The number of piperazine rings is 1. The molecule has 144 valence electrons. The number of hydrogen-bond acceptors (Lipinski definition) is 3. The molecule has 1 aliphatic rings. The minimum absolute atomic E-state index is 0.0939. The number of carbonyl (C=O) groups is 1. The lowest BCUT2D eigenvalue weighted by molar-refractivity contribution is -0.123. The lowest BCUT2D eigenvalue weighted by Gasteiger charge is -2.36. The summed E-state index contributed by atoms with van der Waals surface area (Å²) >= 11 is 6.10. The molecular weight excluding hydrogens is 358 g/mol. The van der Waals surface area contributed by atoms with Gasteiger partial charge >= 0.3 is 0 Å². The van der Waals surface area contributed by atoms with Gasteiger partial charge in [-0.25, -0.2) is 0 Å². The molecule has 2 aromatic carbocycles. The van der Waals surface area contributed by atoms with Crippen LogP contribution in [0.3, 0.4) is 0 Å². The SMILES string of the molecule is CCC[C@@H](NC(=O)CN1CCN(c2cccc(Cl)c2)CC1)c1ccccc1. The Labute approximate surface area is 167 Å². The first-order valence-corrected chi connectivity index (χ1v) is 10.1. The van der Waals surface area contributed by atoms with Crippen LogP contribution in [-0.4, -0.2) is 43.5 Å². The highest BCUT2D eigenvalue weighted by Gasteiger charge is 2.21. The molecule has 0 spiro atoms. The van der Waals surface area contributed by atoms with Gasteiger partial charge in [-0.1, -0.05) is 61.3 Å². The van der Waals surface area contributed by atoms with Crippen LogP contribution < -0.4 is 10.2 Å². The lowest BCUT2D eigenvalue weighted by atomic mass is 10.0. The van der Waals surface area contributed by atoms with Gasteiger partial charge in [0.25, 0.3) is 0 Å². The Bertz CT molecular complexity index is 729. The number of anilines is 1. The van der Waals surface area contributed by atoms with Gasteiger partial charge in [-0.05, 0) is 30.2 Å². The topological polar surface area (TPSA) is 35.6 Å². The third-order valence-corrected chi connectivity index (χ3v) is 5.26. The summed E-state index contributed by atoms with van der Waals surface area (Å²) in [4.78, 5) is 17.1. The molecule has 0 bridgehead atoms. The number of benzene rings is 2. The van der Waals surface area contributed by atoms with Gasteiger partial charge in [0, 0.05) is 36.9 Å². The first-order chi connectivity index (χ1) is 13.2. The van der Waals surface area contributed by atoms with Crippen molar-refractivity contribution >= 4 is 23.2 Å². The van der Waals surface area contributed by atoms with Crippen molar-refractivity contribution in [3.8, 4) is 0 Å². The van der Waals surface area contributed by atoms with Gasteiger partial charge in [-0.2, -0.15) is 0 Å². The zero-order valence-electron chi connectivity index (χ0n) is 15.9. The molecule has 1 atom stereocenters. The molecule has 2 aromatic rings. The molecule has 5 heteroatoms. The normalized spacial score (nSPS) is 16.1. The van der Waals surface area contributed by atoms with Crippen molar-refractivity contribution in [2.45, 2.75) is 25.8 Å². The van der Waals surface area contributed by atoms with E-state index in [0.29, 0.717) is 6.54 Å². The minimum atomic E-state index is 0.0939. The van der Waals surface area contributed by atoms with Crippen LogP contribution in [0.15, 0.2) is 54.6 Å². The highest BCUT2D eigenvalue weighted by Crippen LogP contribution is 2.21. The zero-order valence-corrected chi connectivity index (χ0v) is 16.7. The van der Waals surface area contributed by atoms with Gasteiger partial charge in [0.1, 0.15) is 0 Å². The van der Waals surface area contributed by atoms with Crippen LogP contribution in [0.1, 0.15) is 31.4 Å². The van der Waals surface area contributed by atoms with E-state index >= 15 is 0 Å². The molecule has 0 aromatic heterocycles. The second-order valence-corrected chi connectivity index (χ2v) is 7.50. The molecule has 1 fully saturated rings. The van der Waals surface area contributed by atoms with E-state index < -0.39 is 0 Å². The predicted molar refractivity (Wildman–Crippen MR) is 112 cm³/mol. The molecule has 1 N–H and O–H groups in total. The molecule has 1 saturated heterocycles. The number of rotatable bonds is 7. The Morgan fingerprint density at radius 1 is 1.07 bits per heavy atom. The van der Waals surface area contributed by atoms with Gasteiger partial charge in [0.15, 0.2) is 0 Å². The smallest absolute Gasteiger partial charge is 0.234 e. The van der Waals surface area contributed by atoms with Gasteiger partial charge in [-0.3, -0.25) is 9.69 Å². The van der Waals surface area contributed by atoms with E-state index in [4.69, 9.17) is 11.6 Å². The first kappa shape index (κ1) is 19.7. The van der Waals surface area contributed by atoms with E-state index in [-0.39, 0.29) is 11.9 Å². The Kier molecular flexibility index (Phi) is 7.13. The third kappa shape index (κ3) is 5.72. The zero-order chi connectivity index (χ0) is 19.1. The van der Waals surface area contributed by atoms with Gasteiger partial charge in [0.2, 0.25) is 5.91 Å². The average Bonchev–Trinajstić information content (AvgIpc) is 2.69. The van der Waals surface area contributed by atoms with E-state index in [1.165, 1.54) is 5.56 Å². The van der Waals surface area contributed by atoms with Crippen molar-refractivity contribution in [3.05, 3.63) is 65.2 Å². The van der Waals surface area contributed by atoms with Crippen molar-refractivity contribution < 1.29 is 4.79 Å². The largest absolute Gasteiger partial charge is 0.369 e. The van der Waals surface area contributed by atoms with Crippen LogP contribution in [0.4, 0.5) is 5.69 Å². The van der Waals surface area contributed by atoms with Crippen LogP contribution in [0.5, 0.6) is 0 Å². The Balaban J connectivity index is 1.50. The maximum atomic E-state index is 12.6. The summed E-state index contributed by atoms with van der Waals surface area (Å²) in [6.07, 6.45) is 2.00. The van der Waals surface area contributed by atoms with Crippen LogP contribution in [0.25, 0.3) is 0 Å². The number of amides is 1. The Morgan fingerprint density at radius 3 is 2.48 bits per heavy atom. The number of nitrogens with zero attached hydrogens (tertiary/aromatic N) is 2. The maximum Gasteiger partial charge on any atom is 0.234 e. The number of carbonyl (C=O) groups excluding carboxylic acids is 1. The van der Waals surface area contributed by atoms with Gasteiger partial charge in [0.05, 0.1) is 12.6 Å². The monoisotopic (exact) mass is 385 g/mol. The van der Waals surface area contributed by atoms with Crippen molar-refractivity contribution in [3.63, 3.8) is 0 Å². The third-order valence-electron chi connectivity index (χ3n) is 5.03. The van der Waals surface area contributed by atoms with Crippen molar-refractivity contribution in [2.24, 2.45) is 0 Å². The van der Waals surface area contributed by atoms with Crippen LogP contribution in [-0.2, 0) is 4.79 Å². The summed E-state index contributed by atoms with van der Waals surface area (Å²) in [6, 6.07) is 18.3. The van der Waals surface area contributed by atoms with E-state index in [9.17, 15) is 4.79 Å². The molecule has 0 aliphatic carbocycles. The number of halogens is 1. The lowest BCUT2D eigenvalue weighted by Crippen LogP contribution is -2.49. The molecule has 3 rings (SSSR count). The predicted octanol–water partition coefficient (Wildman–Crippen LogP) is 4.12. The maximum absolute atomic E-state index is 12.6. The van der Waals surface area contributed by atoms with E-state index in [2.05, 4.69) is 40.2 Å². The summed E-state index contributed by atoms with van der Waals surface area (Å²) in [5.41, 5.74) is 2.33. The number of nitrogens with one attached hydrogen (secondary N) is 1. The van der Waals surface area contributed by atoms with Crippen LogP contribution >= 0.6 is 11.6 Å². The molecule has 0 saturated carbocycles. The van der Waals surface area contributed by atoms with Crippen LogP contribution in [0, 0.1) is 0 Å². The Morgan fingerprint density at radius 2 is 1.81 bits per heavy atom. The number of hydrogen-bond donors (Lipinski definition) is 1. The van der Waals surface area contributed by atoms with E-state index in [1.54, 1.807) is 0 Å². The standard InChI is InChI=1S/C22H28ClN3O/c1-2-7-21(18-8-4-3-5-9-18)24-22(27)17-25-12-14-26(15-13-25)20-11-6-10-19(23)16-20/h3-6,8-11,16,21H,2,7,12-15,17H2,1H3,(H,24,27)/t21-/m1/s1. The van der Waals surface area contributed by atoms with E-state index in [0.717, 1.165) is 49.7 Å². The van der Waals surface area contributed by atoms with Crippen molar-refractivity contribution in [2.75, 3.05) is 37.6 Å². The fourth-order valence-corrected chi connectivity index (χ4v) is 3.76. The highest BCUT2D eigenvalue weighted by molar-refractivity contribution is 6.30. The summed E-state index contributed by atoms with van der Waals surface area (Å²) < 4.78 is 0. The molecular formula is C22H28ClN3O. The molecule has 1 aliphatic heterocycles. The average molecular weight is 386 g/mol. The fourth-order valence-electron chi connectivity index (χ4n) is 3.58. The summed E-state index contributed by atoms with van der Waals surface area (Å²) in [6.45, 7) is 6.18. The highest BCUT2D eigenvalue weighted by atomic mass is 35.5. The molecule has 27 heavy (non-hydrogen) atoms. The minimum Gasteiger partial charge on any atom is -0.369 e. The van der Waals surface area contributed by atoms with Crippen molar-refractivity contribution in [1.82, 2.24) is 10.2 Å². The molecule has 0 unspecified atom stereocenters. The molecule has 0 radical (unpaired) electrons. The van der Waals surface area contributed by atoms with Gasteiger partial charge < -0.3 is 10.2 Å². The Hall–Kier alpha value is -2.04. The van der Waals surface area contributed by atoms with Crippen LogP contribution in [0.2, 0.25) is 5.02 Å². The summed E-state index contributed by atoms with van der Waals surface area (Å²) in [5.74, 6) is 0.105. The fraction of sp³-hybridized carbons (Fsp3) is 0.409. The van der Waals surface area contributed by atoms with E-state index in [1.807, 2.05) is 36.4 Å².